The summed E-state index contributed by atoms with van der Waals surface area (Å²) in [6, 6.07) is 4.76. The molecule has 0 radical (unpaired) electrons. The first-order valence-electron chi connectivity index (χ1n) is 7.24. The first-order chi connectivity index (χ1) is 10.2. The number of carbonyl (C=O) groups is 2. The average Bonchev–Trinajstić information content (AvgIpc) is 2.75. The lowest BCUT2D eigenvalue weighted by molar-refractivity contribution is -0.0539. The number of hydrogen-bond donors (Lipinski definition) is 1. The van der Waals surface area contributed by atoms with Crippen LogP contribution in [0.5, 0.6) is 5.75 Å². The summed E-state index contributed by atoms with van der Waals surface area (Å²) in [5.74, 6) is -0.355. The number of carboxylic acid groups (broad SMARTS) is 1. The van der Waals surface area contributed by atoms with Crippen molar-refractivity contribution in [3.05, 3.63) is 29.3 Å². The maximum absolute atomic E-state index is 12.4. The van der Waals surface area contributed by atoms with Crippen molar-refractivity contribution < 1.29 is 24.2 Å². The van der Waals surface area contributed by atoms with Crippen LogP contribution < -0.4 is 4.74 Å². The van der Waals surface area contributed by atoms with Crippen LogP contribution in [0.15, 0.2) is 18.2 Å². The van der Waals surface area contributed by atoms with Gasteiger partial charge in [-0.3, -0.25) is 4.90 Å². The Bertz CT molecular complexity index is 648. The molecule has 6 heteroatoms. The fourth-order valence-electron chi connectivity index (χ4n) is 2.93. The minimum atomic E-state index is -0.993. The van der Waals surface area contributed by atoms with Crippen LogP contribution in [0.3, 0.4) is 0 Å². The van der Waals surface area contributed by atoms with Gasteiger partial charge in [0.25, 0.3) is 0 Å². The third-order valence-electron chi connectivity index (χ3n) is 4.07. The first-order valence-corrected chi connectivity index (χ1v) is 7.24. The summed E-state index contributed by atoms with van der Waals surface area (Å²) in [5, 5.41) is 9.16. The standard InChI is InChI=1S/C16H19NO5/c1-15(2,3)22-14(20)17-7-6-16(17)9-21-12-5-4-10(13(18)19)8-11(12)16/h4-5,8H,6-7,9H2,1-3H3,(H,18,19)/t16-/m1/s1. The van der Waals surface area contributed by atoms with Gasteiger partial charge in [0.1, 0.15) is 23.5 Å². The maximum atomic E-state index is 12.4. The lowest BCUT2D eigenvalue weighted by atomic mass is 9.79. The molecule has 0 aliphatic carbocycles. The summed E-state index contributed by atoms with van der Waals surface area (Å²) in [4.78, 5) is 25.2. The average molecular weight is 305 g/mol. The van der Waals surface area contributed by atoms with E-state index in [0.717, 1.165) is 12.0 Å². The van der Waals surface area contributed by atoms with Crippen LogP contribution >= 0.6 is 0 Å². The summed E-state index contributed by atoms with van der Waals surface area (Å²) in [5.41, 5.74) is -0.216. The number of carbonyl (C=O) groups excluding carboxylic acids is 1. The zero-order chi connectivity index (χ0) is 16.1. The van der Waals surface area contributed by atoms with Crippen molar-refractivity contribution in [3.63, 3.8) is 0 Å². The molecule has 1 aromatic rings. The Morgan fingerprint density at radius 1 is 1.36 bits per heavy atom. The molecule has 2 heterocycles. The Labute approximate surface area is 128 Å². The molecule has 0 bridgehead atoms. The number of rotatable bonds is 1. The molecule has 118 valence electrons. The van der Waals surface area contributed by atoms with Crippen molar-refractivity contribution >= 4 is 12.1 Å². The van der Waals surface area contributed by atoms with Crippen LogP contribution in [0.1, 0.15) is 43.1 Å². The highest BCUT2D eigenvalue weighted by atomic mass is 16.6. The van der Waals surface area contributed by atoms with Gasteiger partial charge in [0, 0.05) is 12.1 Å². The predicted molar refractivity (Wildman–Crippen MR) is 78.1 cm³/mol. The molecule has 1 fully saturated rings. The summed E-state index contributed by atoms with van der Waals surface area (Å²) < 4.78 is 11.1. The van der Waals surface area contributed by atoms with E-state index in [2.05, 4.69) is 0 Å². The highest BCUT2D eigenvalue weighted by Crippen LogP contribution is 2.49. The molecular weight excluding hydrogens is 286 g/mol. The molecule has 2 aliphatic heterocycles. The lowest BCUT2D eigenvalue weighted by Crippen LogP contribution is -2.61. The van der Waals surface area contributed by atoms with Crippen molar-refractivity contribution in [1.29, 1.82) is 0 Å². The Morgan fingerprint density at radius 2 is 2.09 bits per heavy atom. The van der Waals surface area contributed by atoms with Gasteiger partial charge in [-0.05, 0) is 45.4 Å². The SMILES string of the molecule is CC(C)(C)OC(=O)N1CC[C@]12COc1ccc(C(=O)O)cc12. The third kappa shape index (κ3) is 2.19. The highest BCUT2D eigenvalue weighted by molar-refractivity contribution is 5.88. The van der Waals surface area contributed by atoms with Crippen LogP contribution in [-0.2, 0) is 10.3 Å². The lowest BCUT2D eigenvalue weighted by Gasteiger charge is -2.49. The minimum absolute atomic E-state index is 0.194. The van der Waals surface area contributed by atoms with E-state index < -0.39 is 23.2 Å². The van der Waals surface area contributed by atoms with Gasteiger partial charge in [0.2, 0.25) is 0 Å². The Kier molecular flexibility index (Phi) is 3.09. The molecule has 0 unspecified atom stereocenters. The van der Waals surface area contributed by atoms with Crippen molar-refractivity contribution in [3.8, 4) is 5.75 Å². The van der Waals surface area contributed by atoms with Crippen LogP contribution in [0.4, 0.5) is 4.79 Å². The fraction of sp³-hybridized carbons (Fsp3) is 0.500. The quantitative estimate of drug-likeness (QED) is 0.863. The summed E-state index contributed by atoms with van der Waals surface area (Å²) in [6.07, 6.45) is 0.346. The Morgan fingerprint density at radius 3 is 2.64 bits per heavy atom. The van der Waals surface area contributed by atoms with Gasteiger partial charge < -0.3 is 14.6 Å². The van der Waals surface area contributed by atoms with Gasteiger partial charge in [-0.2, -0.15) is 0 Å². The smallest absolute Gasteiger partial charge is 0.411 e. The van der Waals surface area contributed by atoms with Crippen LogP contribution in [0.2, 0.25) is 0 Å². The number of carboxylic acids is 1. The van der Waals surface area contributed by atoms with Crippen molar-refractivity contribution in [1.82, 2.24) is 4.90 Å². The number of ether oxygens (including phenoxy) is 2. The molecule has 0 aromatic heterocycles. The van der Waals surface area contributed by atoms with Gasteiger partial charge >= 0.3 is 12.1 Å². The molecule has 1 aromatic carbocycles. The number of benzene rings is 1. The van der Waals surface area contributed by atoms with Gasteiger partial charge in [-0.25, -0.2) is 9.59 Å². The molecule has 1 atom stereocenters. The van der Waals surface area contributed by atoms with E-state index >= 15 is 0 Å². The topological polar surface area (TPSA) is 76.1 Å². The normalized spacial score (nSPS) is 22.8. The molecule has 0 saturated carbocycles. The van der Waals surface area contributed by atoms with Crippen molar-refractivity contribution in [2.24, 2.45) is 0 Å². The summed E-state index contributed by atoms with van der Waals surface area (Å²) in [6.45, 7) is 6.37. The monoisotopic (exact) mass is 305 g/mol. The Balaban J connectivity index is 1.92. The molecule has 22 heavy (non-hydrogen) atoms. The number of likely N-dealkylation sites (tertiary alicyclic amines) is 1. The third-order valence-corrected chi connectivity index (χ3v) is 4.07. The van der Waals surface area contributed by atoms with Crippen LogP contribution in [0, 0.1) is 0 Å². The van der Waals surface area contributed by atoms with Crippen LogP contribution in [0.25, 0.3) is 0 Å². The predicted octanol–water partition coefficient (Wildman–Crippen LogP) is 2.61. The molecule has 1 saturated heterocycles. The number of amides is 1. The minimum Gasteiger partial charge on any atom is -0.490 e. The van der Waals surface area contributed by atoms with Gasteiger partial charge in [-0.15, -0.1) is 0 Å². The molecule has 3 rings (SSSR count). The highest BCUT2D eigenvalue weighted by Gasteiger charge is 2.55. The molecule has 1 amide bonds. The van der Waals surface area contributed by atoms with Gasteiger partial charge in [0.15, 0.2) is 0 Å². The van der Waals surface area contributed by atoms with E-state index in [1.807, 2.05) is 20.8 Å². The second-order valence-corrected chi connectivity index (χ2v) is 6.72. The van der Waals surface area contributed by atoms with Crippen LogP contribution in [-0.4, -0.2) is 40.8 Å². The van der Waals surface area contributed by atoms with E-state index in [4.69, 9.17) is 14.6 Å². The maximum Gasteiger partial charge on any atom is 0.411 e. The van der Waals surface area contributed by atoms with E-state index in [9.17, 15) is 9.59 Å². The van der Waals surface area contributed by atoms with E-state index in [1.165, 1.54) is 6.07 Å². The molecule has 1 N–H and O–H groups in total. The molecule has 1 spiro atoms. The van der Waals surface area contributed by atoms with E-state index in [-0.39, 0.29) is 5.56 Å². The molecule has 2 aliphatic rings. The zero-order valence-corrected chi connectivity index (χ0v) is 12.9. The second-order valence-electron chi connectivity index (χ2n) is 6.72. The second kappa shape index (κ2) is 4.63. The molecule has 6 nitrogen and oxygen atoms in total. The fourth-order valence-corrected chi connectivity index (χ4v) is 2.93. The largest absolute Gasteiger partial charge is 0.490 e. The first kappa shape index (κ1) is 14.7. The summed E-state index contributed by atoms with van der Waals surface area (Å²) in [7, 11) is 0. The van der Waals surface area contributed by atoms with Crippen molar-refractivity contribution in [2.45, 2.75) is 38.3 Å². The van der Waals surface area contributed by atoms with Gasteiger partial charge in [0.05, 0.1) is 5.56 Å². The number of fused-ring (bicyclic) bond motifs is 2. The number of hydrogen-bond acceptors (Lipinski definition) is 4. The zero-order valence-electron chi connectivity index (χ0n) is 12.9. The van der Waals surface area contributed by atoms with Gasteiger partial charge in [-0.1, -0.05) is 0 Å². The molecular formula is C16H19NO5. The van der Waals surface area contributed by atoms with Crippen molar-refractivity contribution in [2.75, 3.05) is 13.2 Å². The number of nitrogens with zero attached hydrogens (tertiary/aromatic N) is 1. The summed E-state index contributed by atoms with van der Waals surface area (Å²) >= 11 is 0. The van der Waals surface area contributed by atoms with E-state index in [0.29, 0.717) is 18.9 Å². The number of aromatic carboxylic acids is 1. The van der Waals surface area contributed by atoms with E-state index in [1.54, 1.807) is 17.0 Å². The Hall–Kier alpha value is -2.24.